The van der Waals surface area contributed by atoms with Crippen LogP contribution in [0.5, 0.6) is 0 Å². The van der Waals surface area contributed by atoms with Gasteiger partial charge in [0.05, 0.1) is 0 Å². The summed E-state index contributed by atoms with van der Waals surface area (Å²) in [7, 11) is 0. The highest BCUT2D eigenvalue weighted by Crippen LogP contribution is 2.38. The Morgan fingerprint density at radius 2 is 0.538 bits per heavy atom. The Morgan fingerprint density at radius 1 is 0.192 bits per heavy atom. The normalized spacial score (nSPS) is 11.1. The quantitative estimate of drug-likeness (QED) is 0.149. The predicted molar refractivity (Wildman–Crippen MR) is 222 cm³/mol. The molecule has 0 unspecified atom stereocenters. The maximum Gasteiger partial charge on any atom is 0.0467 e. The van der Waals surface area contributed by atoms with E-state index in [1.807, 2.05) is 0 Å². The Hall–Kier alpha value is -6.90. The monoisotopic (exact) mass is 664 g/mol. The summed E-state index contributed by atoms with van der Waals surface area (Å²) in [6.07, 6.45) is 0. The van der Waals surface area contributed by atoms with E-state index in [2.05, 4.69) is 228 Å². The second-order valence-electron chi connectivity index (χ2n) is 13.1. The first kappa shape index (κ1) is 31.1. The molecule has 0 N–H and O–H groups in total. The molecule has 246 valence electrons. The molecule has 0 fully saturated rings. The van der Waals surface area contributed by atoms with Gasteiger partial charge in [0.15, 0.2) is 0 Å². The minimum absolute atomic E-state index is 1.13. The van der Waals surface area contributed by atoms with Crippen molar-refractivity contribution in [2.75, 3.05) is 9.80 Å². The molecule has 9 aromatic rings. The molecule has 0 saturated carbocycles. The van der Waals surface area contributed by atoms with E-state index in [1.165, 1.54) is 43.8 Å². The van der Waals surface area contributed by atoms with Gasteiger partial charge < -0.3 is 9.80 Å². The molecule has 9 aromatic carbocycles. The third-order valence-electron chi connectivity index (χ3n) is 9.75. The number of hydrogen-bond acceptors (Lipinski definition) is 2. The molecule has 52 heavy (non-hydrogen) atoms. The van der Waals surface area contributed by atoms with E-state index in [9.17, 15) is 0 Å². The SMILES string of the molecule is c1ccc(N(c2ccccc2)c2ccc(-c3ccc4cc5cc(-c6cccc(N(c7ccccc7)c7ccccc7)c6)ccc5cc4c3)cc2)cc1. The molecule has 0 aliphatic carbocycles. The van der Waals surface area contributed by atoms with Crippen LogP contribution in [0.1, 0.15) is 0 Å². The van der Waals surface area contributed by atoms with Gasteiger partial charge in [-0.2, -0.15) is 0 Å². The fourth-order valence-electron chi connectivity index (χ4n) is 7.19. The lowest BCUT2D eigenvalue weighted by atomic mass is 9.96. The van der Waals surface area contributed by atoms with Gasteiger partial charge in [-0.1, -0.05) is 121 Å². The first-order valence-corrected chi connectivity index (χ1v) is 17.8. The smallest absolute Gasteiger partial charge is 0.0467 e. The van der Waals surface area contributed by atoms with Crippen LogP contribution in [0.25, 0.3) is 43.8 Å². The van der Waals surface area contributed by atoms with Crippen molar-refractivity contribution in [3.05, 3.63) is 218 Å². The molecule has 9 rings (SSSR count). The van der Waals surface area contributed by atoms with E-state index in [-0.39, 0.29) is 0 Å². The average molecular weight is 665 g/mol. The molecule has 0 aliphatic heterocycles. The summed E-state index contributed by atoms with van der Waals surface area (Å²) >= 11 is 0. The predicted octanol–water partition coefficient (Wildman–Crippen LogP) is 14.3. The molecule has 2 nitrogen and oxygen atoms in total. The summed E-state index contributed by atoms with van der Waals surface area (Å²) in [6, 6.07) is 78.2. The Bertz CT molecular complexity index is 2520. The zero-order valence-electron chi connectivity index (χ0n) is 28.7. The van der Waals surface area contributed by atoms with Crippen molar-refractivity contribution in [2.45, 2.75) is 0 Å². The summed E-state index contributed by atoms with van der Waals surface area (Å²) in [5, 5.41) is 4.94. The van der Waals surface area contributed by atoms with Gasteiger partial charge in [0.1, 0.15) is 0 Å². The molecule has 0 saturated heterocycles. The van der Waals surface area contributed by atoms with Gasteiger partial charge in [-0.15, -0.1) is 0 Å². The molecule has 0 aromatic heterocycles. The van der Waals surface area contributed by atoms with Crippen LogP contribution < -0.4 is 9.80 Å². The minimum atomic E-state index is 1.13. The summed E-state index contributed by atoms with van der Waals surface area (Å²) in [5.41, 5.74) is 11.6. The van der Waals surface area contributed by atoms with E-state index in [4.69, 9.17) is 0 Å². The molecule has 0 heterocycles. The first-order chi connectivity index (χ1) is 25.8. The molecule has 0 amide bonds. The summed E-state index contributed by atoms with van der Waals surface area (Å²) in [4.78, 5) is 4.61. The van der Waals surface area contributed by atoms with Crippen molar-refractivity contribution < 1.29 is 0 Å². The molecule has 0 spiro atoms. The van der Waals surface area contributed by atoms with Crippen LogP contribution in [0.3, 0.4) is 0 Å². The van der Waals surface area contributed by atoms with Crippen LogP contribution in [0.2, 0.25) is 0 Å². The van der Waals surface area contributed by atoms with Crippen LogP contribution in [0.4, 0.5) is 34.1 Å². The highest BCUT2D eigenvalue weighted by molar-refractivity contribution is 6.01. The van der Waals surface area contributed by atoms with Gasteiger partial charge >= 0.3 is 0 Å². The summed E-state index contributed by atoms with van der Waals surface area (Å²) in [5.74, 6) is 0. The fourth-order valence-corrected chi connectivity index (χ4v) is 7.19. The van der Waals surface area contributed by atoms with Gasteiger partial charge in [-0.3, -0.25) is 0 Å². The number of para-hydroxylation sites is 4. The van der Waals surface area contributed by atoms with E-state index in [1.54, 1.807) is 0 Å². The number of fused-ring (bicyclic) bond motifs is 2. The topological polar surface area (TPSA) is 6.48 Å². The van der Waals surface area contributed by atoms with Crippen molar-refractivity contribution in [3.8, 4) is 22.3 Å². The van der Waals surface area contributed by atoms with Crippen LogP contribution in [0.15, 0.2) is 218 Å². The van der Waals surface area contributed by atoms with Crippen molar-refractivity contribution in [1.29, 1.82) is 0 Å². The lowest BCUT2D eigenvalue weighted by Crippen LogP contribution is -2.09. The van der Waals surface area contributed by atoms with Crippen molar-refractivity contribution >= 4 is 55.7 Å². The maximum absolute atomic E-state index is 2.32. The zero-order valence-corrected chi connectivity index (χ0v) is 28.7. The lowest BCUT2D eigenvalue weighted by molar-refractivity contribution is 1.28. The lowest BCUT2D eigenvalue weighted by Gasteiger charge is -2.26. The molecule has 0 atom stereocenters. The highest BCUT2D eigenvalue weighted by Gasteiger charge is 2.14. The number of benzene rings is 9. The maximum atomic E-state index is 2.32. The van der Waals surface area contributed by atoms with Crippen LogP contribution in [-0.4, -0.2) is 0 Å². The molecule has 2 heteroatoms. The second kappa shape index (κ2) is 13.8. The fraction of sp³-hybridized carbons (Fsp3) is 0. The summed E-state index contributed by atoms with van der Waals surface area (Å²) in [6.45, 7) is 0. The third kappa shape index (κ3) is 6.19. The van der Waals surface area contributed by atoms with Crippen LogP contribution in [-0.2, 0) is 0 Å². The Labute approximate surface area is 305 Å². The van der Waals surface area contributed by atoms with Gasteiger partial charge in [0.2, 0.25) is 0 Å². The zero-order chi connectivity index (χ0) is 34.7. The molecule has 0 aliphatic rings. The molecule has 0 radical (unpaired) electrons. The van der Waals surface area contributed by atoms with Crippen LogP contribution in [0, 0.1) is 0 Å². The van der Waals surface area contributed by atoms with Crippen molar-refractivity contribution in [3.63, 3.8) is 0 Å². The average Bonchev–Trinajstić information content (AvgIpc) is 3.22. The highest BCUT2D eigenvalue weighted by atomic mass is 15.1. The Balaban J connectivity index is 1.02. The first-order valence-electron chi connectivity index (χ1n) is 17.8. The second-order valence-corrected chi connectivity index (χ2v) is 13.1. The van der Waals surface area contributed by atoms with Crippen molar-refractivity contribution in [1.82, 2.24) is 0 Å². The van der Waals surface area contributed by atoms with E-state index >= 15 is 0 Å². The largest absolute Gasteiger partial charge is 0.311 e. The van der Waals surface area contributed by atoms with Gasteiger partial charge in [-0.05, 0) is 141 Å². The van der Waals surface area contributed by atoms with E-state index < -0.39 is 0 Å². The summed E-state index contributed by atoms with van der Waals surface area (Å²) < 4.78 is 0. The van der Waals surface area contributed by atoms with E-state index in [0.717, 1.165) is 34.1 Å². The molecular formula is C50H36N2. The minimum Gasteiger partial charge on any atom is -0.311 e. The Morgan fingerprint density at radius 3 is 1.00 bits per heavy atom. The van der Waals surface area contributed by atoms with Crippen molar-refractivity contribution in [2.24, 2.45) is 0 Å². The molecule has 0 bridgehead atoms. The van der Waals surface area contributed by atoms with E-state index in [0.29, 0.717) is 0 Å². The number of rotatable bonds is 8. The number of hydrogen-bond donors (Lipinski definition) is 0. The standard InChI is InChI=1S/C50H36N2/c1-5-15-45(16-6-1)51(46-17-7-2-8-18-46)49-30-28-37(29-31-49)39-24-26-41-35-44-33-40(25-27-42(44)34-43(41)32-39)38-14-13-23-50(36-38)52(47-19-9-3-10-20-47)48-21-11-4-12-22-48/h1-36H. The third-order valence-corrected chi connectivity index (χ3v) is 9.75. The molecular weight excluding hydrogens is 629 g/mol. The number of nitrogens with zero attached hydrogens (tertiary/aromatic N) is 2. The van der Waals surface area contributed by atoms with Gasteiger partial charge in [0.25, 0.3) is 0 Å². The van der Waals surface area contributed by atoms with Gasteiger partial charge in [-0.25, -0.2) is 0 Å². The Kier molecular flexibility index (Phi) is 8.24. The van der Waals surface area contributed by atoms with Gasteiger partial charge in [0, 0.05) is 34.1 Å². The number of anilines is 6. The van der Waals surface area contributed by atoms with Crippen LogP contribution >= 0.6 is 0 Å².